The zero-order chi connectivity index (χ0) is 19.2. The van der Waals surface area contributed by atoms with Crippen molar-refractivity contribution >= 4 is 34.5 Å². The summed E-state index contributed by atoms with van der Waals surface area (Å²) in [6.45, 7) is 2.08. The fourth-order valence-corrected chi connectivity index (χ4v) is 4.32. The number of carbonyl (C=O) groups excluding carboxylic acids is 2. The maximum Gasteiger partial charge on any atom is 0.309 e. The van der Waals surface area contributed by atoms with E-state index < -0.39 is 17.9 Å². The Labute approximate surface area is 165 Å². The van der Waals surface area contributed by atoms with Gasteiger partial charge in [-0.25, -0.2) is 0 Å². The number of thiophene rings is 2. The molecule has 2 heterocycles. The van der Waals surface area contributed by atoms with Crippen molar-refractivity contribution in [3.8, 4) is 0 Å². The van der Waals surface area contributed by atoms with Gasteiger partial charge < -0.3 is 15.7 Å². The predicted octanol–water partition coefficient (Wildman–Crippen LogP) is 3.38. The molecule has 2 amide bonds. The maximum absolute atomic E-state index is 12.1. The molecule has 140 valence electrons. The van der Waals surface area contributed by atoms with Gasteiger partial charge in [0.25, 0.3) is 0 Å². The molecule has 0 fully saturated rings. The largest absolute Gasteiger partial charge is 0.382 e. The number of hydrogen-bond donors (Lipinski definition) is 3. The van der Waals surface area contributed by atoms with Crippen LogP contribution < -0.4 is 10.6 Å². The van der Waals surface area contributed by atoms with Gasteiger partial charge in [-0.2, -0.15) is 0 Å². The minimum Gasteiger partial charge on any atom is -0.382 e. The van der Waals surface area contributed by atoms with Gasteiger partial charge >= 0.3 is 11.8 Å². The molecule has 2 atom stereocenters. The van der Waals surface area contributed by atoms with Crippen LogP contribution in [-0.2, 0) is 16.1 Å². The first-order chi connectivity index (χ1) is 13.0. The summed E-state index contributed by atoms with van der Waals surface area (Å²) in [5, 5.41) is 17.6. The number of carbonyl (C=O) groups is 2. The summed E-state index contributed by atoms with van der Waals surface area (Å²) in [4.78, 5) is 26.7. The van der Waals surface area contributed by atoms with Gasteiger partial charge in [0, 0.05) is 14.6 Å². The molecule has 3 aromatic rings. The van der Waals surface area contributed by atoms with Crippen molar-refractivity contribution < 1.29 is 14.7 Å². The first-order valence-corrected chi connectivity index (χ1v) is 10.2. The number of amides is 2. The Morgan fingerprint density at radius 3 is 2.48 bits per heavy atom. The van der Waals surface area contributed by atoms with E-state index in [1.54, 1.807) is 0 Å². The highest BCUT2D eigenvalue weighted by atomic mass is 32.1. The molecule has 2 unspecified atom stereocenters. The first kappa shape index (κ1) is 19.3. The lowest BCUT2D eigenvalue weighted by molar-refractivity contribution is -0.139. The second-order valence-electron chi connectivity index (χ2n) is 6.01. The average molecular weight is 401 g/mol. The van der Waals surface area contributed by atoms with Gasteiger partial charge in [-0.1, -0.05) is 36.4 Å². The van der Waals surface area contributed by atoms with Crippen LogP contribution in [0.2, 0.25) is 0 Å². The summed E-state index contributed by atoms with van der Waals surface area (Å²) >= 11 is 2.91. The van der Waals surface area contributed by atoms with Crippen molar-refractivity contribution in [1.29, 1.82) is 0 Å². The lowest BCUT2D eigenvalue weighted by atomic mass is 10.1. The fourth-order valence-electron chi connectivity index (χ4n) is 2.56. The molecule has 0 radical (unpaired) electrons. The van der Waals surface area contributed by atoms with Crippen LogP contribution in [0.3, 0.4) is 0 Å². The van der Waals surface area contributed by atoms with Crippen molar-refractivity contribution in [2.45, 2.75) is 25.6 Å². The van der Waals surface area contributed by atoms with E-state index in [9.17, 15) is 14.7 Å². The highest BCUT2D eigenvalue weighted by molar-refractivity contribution is 7.12. The van der Waals surface area contributed by atoms with E-state index in [4.69, 9.17) is 0 Å². The topological polar surface area (TPSA) is 78.4 Å². The minimum atomic E-state index is -0.675. The van der Waals surface area contributed by atoms with E-state index >= 15 is 0 Å². The molecule has 2 aromatic heterocycles. The Morgan fingerprint density at radius 1 is 1.00 bits per heavy atom. The standard InChI is InChI=1S/C20H20N2O3S2/c1-13(14-6-3-2-4-7-14)22-20(25)19(24)21-12-15-9-10-17(27-15)18(23)16-8-5-11-26-16/h2-11,13,18,23H,12H2,1H3,(H,21,24)(H,22,25). The monoisotopic (exact) mass is 400 g/mol. The van der Waals surface area contributed by atoms with E-state index in [-0.39, 0.29) is 12.6 Å². The molecular weight excluding hydrogens is 380 g/mol. The van der Waals surface area contributed by atoms with E-state index in [1.807, 2.05) is 66.9 Å². The van der Waals surface area contributed by atoms with E-state index in [2.05, 4.69) is 10.6 Å². The highest BCUT2D eigenvalue weighted by Gasteiger charge is 2.18. The van der Waals surface area contributed by atoms with Crippen molar-refractivity contribution in [2.24, 2.45) is 0 Å². The molecule has 0 saturated heterocycles. The third-order valence-corrected chi connectivity index (χ3v) is 6.10. The van der Waals surface area contributed by atoms with Crippen LogP contribution in [0, 0.1) is 0 Å². The Morgan fingerprint density at radius 2 is 1.78 bits per heavy atom. The van der Waals surface area contributed by atoms with Crippen LogP contribution in [0.5, 0.6) is 0 Å². The van der Waals surface area contributed by atoms with Crippen molar-refractivity contribution in [3.63, 3.8) is 0 Å². The molecular formula is C20H20N2O3S2. The first-order valence-electron chi connectivity index (χ1n) is 8.48. The van der Waals surface area contributed by atoms with Crippen molar-refractivity contribution in [1.82, 2.24) is 10.6 Å². The van der Waals surface area contributed by atoms with E-state index in [0.717, 1.165) is 20.2 Å². The normalized spacial score (nSPS) is 13.0. The minimum absolute atomic E-state index is 0.244. The summed E-state index contributed by atoms with van der Waals surface area (Å²) in [6.07, 6.45) is -0.658. The third-order valence-electron chi connectivity index (χ3n) is 4.04. The summed E-state index contributed by atoms with van der Waals surface area (Å²) in [5.41, 5.74) is 0.934. The fraction of sp³-hybridized carbons (Fsp3) is 0.200. The van der Waals surface area contributed by atoms with Crippen molar-refractivity contribution in [3.05, 3.63) is 80.2 Å². The molecule has 7 heteroatoms. The third kappa shape index (κ3) is 5.03. The quantitative estimate of drug-likeness (QED) is 0.555. The zero-order valence-corrected chi connectivity index (χ0v) is 16.3. The highest BCUT2D eigenvalue weighted by Crippen LogP contribution is 2.30. The number of aliphatic hydroxyl groups excluding tert-OH is 1. The summed E-state index contributed by atoms with van der Waals surface area (Å²) in [7, 11) is 0. The van der Waals surface area contributed by atoms with Gasteiger partial charge in [-0.05, 0) is 36.1 Å². The molecule has 0 aliphatic heterocycles. The average Bonchev–Trinajstić information content (AvgIpc) is 3.38. The SMILES string of the molecule is CC(NC(=O)C(=O)NCc1ccc(C(O)c2cccs2)s1)c1ccccc1. The van der Waals surface area contributed by atoms with Gasteiger partial charge in [0.15, 0.2) is 0 Å². The molecule has 0 spiro atoms. The van der Waals surface area contributed by atoms with Crippen LogP contribution in [0.15, 0.2) is 60.0 Å². The number of aliphatic hydroxyl groups is 1. The number of rotatable bonds is 6. The molecule has 0 aliphatic carbocycles. The smallest absolute Gasteiger partial charge is 0.309 e. The van der Waals surface area contributed by atoms with E-state index in [0.29, 0.717) is 0 Å². The summed E-state index contributed by atoms with van der Waals surface area (Å²) in [5.74, 6) is -1.34. The summed E-state index contributed by atoms with van der Waals surface area (Å²) < 4.78 is 0. The van der Waals surface area contributed by atoms with Gasteiger partial charge in [-0.3, -0.25) is 9.59 Å². The Bertz CT molecular complexity index is 891. The second-order valence-corrected chi connectivity index (χ2v) is 8.19. The lowest BCUT2D eigenvalue weighted by Crippen LogP contribution is -2.40. The predicted molar refractivity (Wildman–Crippen MR) is 108 cm³/mol. The van der Waals surface area contributed by atoms with Gasteiger partial charge in [0.1, 0.15) is 6.10 Å². The molecule has 0 aliphatic rings. The van der Waals surface area contributed by atoms with Crippen LogP contribution in [0.4, 0.5) is 0 Å². The Balaban J connectivity index is 1.51. The Kier molecular flexibility index (Phi) is 6.39. The maximum atomic E-state index is 12.1. The van der Waals surface area contributed by atoms with Crippen molar-refractivity contribution in [2.75, 3.05) is 0 Å². The molecule has 3 rings (SSSR count). The van der Waals surface area contributed by atoms with Gasteiger partial charge in [0.05, 0.1) is 12.6 Å². The van der Waals surface area contributed by atoms with Crippen LogP contribution >= 0.6 is 22.7 Å². The van der Waals surface area contributed by atoms with Gasteiger partial charge in [0.2, 0.25) is 0 Å². The molecule has 0 saturated carbocycles. The molecule has 3 N–H and O–H groups in total. The second kappa shape index (κ2) is 8.94. The van der Waals surface area contributed by atoms with Gasteiger partial charge in [-0.15, -0.1) is 22.7 Å². The number of benzene rings is 1. The van der Waals surface area contributed by atoms with Crippen LogP contribution in [0.1, 0.15) is 39.3 Å². The number of hydrogen-bond acceptors (Lipinski definition) is 5. The molecule has 27 heavy (non-hydrogen) atoms. The van der Waals surface area contributed by atoms with Crippen LogP contribution in [-0.4, -0.2) is 16.9 Å². The zero-order valence-electron chi connectivity index (χ0n) is 14.7. The lowest BCUT2D eigenvalue weighted by Gasteiger charge is -2.13. The Hall–Kier alpha value is -2.48. The molecule has 5 nitrogen and oxygen atoms in total. The number of nitrogens with one attached hydrogen (secondary N) is 2. The summed E-state index contributed by atoms with van der Waals surface area (Å²) in [6, 6.07) is 16.7. The molecule has 1 aromatic carbocycles. The van der Waals surface area contributed by atoms with Crippen LogP contribution in [0.25, 0.3) is 0 Å². The van der Waals surface area contributed by atoms with E-state index in [1.165, 1.54) is 22.7 Å². The molecule has 0 bridgehead atoms.